The van der Waals surface area contributed by atoms with E-state index >= 15 is 0 Å². The number of carboxylic acids is 1. The van der Waals surface area contributed by atoms with Crippen LogP contribution in [0.3, 0.4) is 0 Å². The summed E-state index contributed by atoms with van der Waals surface area (Å²) >= 11 is 1.76. The molecule has 114 valence electrons. The lowest BCUT2D eigenvalue weighted by Gasteiger charge is -2.35. The Morgan fingerprint density at radius 1 is 1.48 bits per heavy atom. The van der Waals surface area contributed by atoms with Gasteiger partial charge in [-0.3, -0.25) is 9.59 Å². The molecule has 2 heterocycles. The largest absolute Gasteiger partial charge is 0.481 e. The summed E-state index contributed by atoms with van der Waals surface area (Å²) in [4.78, 5) is 30.7. The molecule has 0 aliphatic carbocycles. The number of thioether (sulfide) groups is 1. The SMILES string of the molecule is CN(C)C(=O)c1ccc(N2CCSCC2CC(=O)O)nc1. The van der Waals surface area contributed by atoms with Gasteiger partial charge in [0, 0.05) is 44.4 Å². The first-order valence-corrected chi connectivity index (χ1v) is 7.88. The van der Waals surface area contributed by atoms with E-state index in [4.69, 9.17) is 5.11 Å². The highest BCUT2D eigenvalue weighted by Crippen LogP contribution is 2.24. The second kappa shape index (κ2) is 6.80. The summed E-state index contributed by atoms with van der Waals surface area (Å²) in [6, 6.07) is 3.48. The van der Waals surface area contributed by atoms with Gasteiger partial charge in [-0.2, -0.15) is 11.8 Å². The highest BCUT2D eigenvalue weighted by molar-refractivity contribution is 7.99. The second-order valence-corrected chi connectivity index (χ2v) is 6.27. The first-order chi connectivity index (χ1) is 9.99. The molecular weight excluding hydrogens is 290 g/mol. The molecule has 1 aromatic rings. The lowest BCUT2D eigenvalue weighted by molar-refractivity contribution is -0.137. The van der Waals surface area contributed by atoms with Gasteiger partial charge in [0.05, 0.1) is 12.0 Å². The summed E-state index contributed by atoms with van der Waals surface area (Å²) in [7, 11) is 3.39. The lowest BCUT2D eigenvalue weighted by Crippen LogP contribution is -2.44. The van der Waals surface area contributed by atoms with E-state index in [2.05, 4.69) is 4.98 Å². The number of aromatic nitrogens is 1. The summed E-state index contributed by atoms with van der Waals surface area (Å²) in [5.41, 5.74) is 0.532. The molecule has 0 aromatic carbocycles. The first kappa shape index (κ1) is 15.6. The maximum Gasteiger partial charge on any atom is 0.305 e. The molecule has 1 atom stereocenters. The van der Waals surface area contributed by atoms with Gasteiger partial charge in [-0.15, -0.1) is 0 Å². The average molecular weight is 309 g/mol. The summed E-state index contributed by atoms with van der Waals surface area (Å²) in [6.45, 7) is 0.774. The van der Waals surface area contributed by atoms with E-state index < -0.39 is 5.97 Å². The van der Waals surface area contributed by atoms with Crippen molar-refractivity contribution in [3.63, 3.8) is 0 Å². The maximum atomic E-state index is 11.8. The van der Waals surface area contributed by atoms with Gasteiger partial charge in [-0.1, -0.05) is 0 Å². The fourth-order valence-electron chi connectivity index (χ4n) is 2.27. The third-order valence-corrected chi connectivity index (χ3v) is 4.42. The molecule has 21 heavy (non-hydrogen) atoms. The van der Waals surface area contributed by atoms with Gasteiger partial charge in [-0.25, -0.2) is 4.98 Å². The molecule has 1 saturated heterocycles. The van der Waals surface area contributed by atoms with Crippen molar-refractivity contribution in [3.05, 3.63) is 23.9 Å². The molecule has 1 aliphatic heterocycles. The minimum atomic E-state index is -0.799. The molecular formula is C14H19N3O3S. The predicted octanol–water partition coefficient (Wildman–Crippen LogP) is 1.18. The van der Waals surface area contributed by atoms with Gasteiger partial charge in [0.1, 0.15) is 5.82 Å². The molecule has 0 radical (unpaired) electrons. The highest BCUT2D eigenvalue weighted by Gasteiger charge is 2.26. The lowest BCUT2D eigenvalue weighted by atomic mass is 10.2. The number of amides is 1. The number of pyridine rings is 1. The van der Waals surface area contributed by atoms with Crippen molar-refractivity contribution in [1.29, 1.82) is 0 Å². The van der Waals surface area contributed by atoms with Gasteiger partial charge in [0.2, 0.25) is 0 Å². The number of carbonyl (C=O) groups excluding carboxylic acids is 1. The Balaban J connectivity index is 2.15. The van der Waals surface area contributed by atoms with Crippen LogP contribution in [0.1, 0.15) is 16.8 Å². The van der Waals surface area contributed by atoms with Crippen LogP contribution in [0.15, 0.2) is 18.3 Å². The Kier molecular flexibility index (Phi) is 5.06. The number of anilines is 1. The average Bonchev–Trinajstić information content (AvgIpc) is 2.46. The van der Waals surface area contributed by atoms with E-state index in [1.165, 1.54) is 4.90 Å². The van der Waals surface area contributed by atoms with E-state index in [0.29, 0.717) is 5.56 Å². The van der Waals surface area contributed by atoms with Gasteiger partial charge >= 0.3 is 5.97 Å². The van der Waals surface area contributed by atoms with Crippen LogP contribution in [-0.4, -0.2) is 65.1 Å². The van der Waals surface area contributed by atoms with E-state index in [9.17, 15) is 9.59 Å². The number of hydrogen-bond acceptors (Lipinski definition) is 5. The number of rotatable bonds is 4. The van der Waals surface area contributed by atoms with Crippen molar-refractivity contribution < 1.29 is 14.7 Å². The molecule has 1 amide bonds. The van der Waals surface area contributed by atoms with Crippen LogP contribution in [0, 0.1) is 0 Å². The molecule has 0 spiro atoms. The number of carboxylic acid groups (broad SMARTS) is 1. The molecule has 1 unspecified atom stereocenters. The van der Waals surface area contributed by atoms with Crippen LogP contribution in [0.5, 0.6) is 0 Å². The van der Waals surface area contributed by atoms with E-state index in [-0.39, 0.29) is 18.4 Å². The van der Waals surface area contributed by atoms with Gasteiger partial charge in [0.25, 0.3) is 5.91 Å². The zero-order valence-corrected chi connectivity index (χ0v) is 13.0. The van der Waals surface area contributed by atoms with Gasteiger partial charge in [0.15, 0.2) is 0 Å². The fraction of sp³-hybridized carbons (Fsp3) is 0.500. The minimum absolute atomic E-state index is 0.0517. The molecule has 0 saturated carbocycles. The number of carbonyl (C=O) groups is 2. The monoisotopic (exact) mass is 309 g/mol. The van der Waals surface area contributed by atoms with Crippen molar-refractivity contribution in [1.82, 2.24) is 9.88 Å². The Bertz CT molecular complexity index is 519. The molecule has 1 aromatic heterocycles. The number of hydrogen-bond donors (Lipinski definition) is 1. The van der Waals surface area contributed by atoms with Crippen LogP contribution < -0.4 is 4.90 Å². The Labute approximate surface area is 128 Å². The molecule has 1 aliphatic rings. The zero-order chi connectivity index (χ0) is 15.4. The minimum Gasteiger partial charge on any atom is -0.481 e. The molecule has 7 heteroatoms. The third kappa shape index (κ3) is 3.87. The van der Waals surface area contributed by atoms with Crippen LogP contribution in [-0.2, 0) is 4.79 Å². The summed E-state index contributed by atoms with van der Waals surface area (Å²) in [6.07, 6.45) is 1.66. The standard InChI is InChI=1S/C14H19N3O3S/c1-16(2)14(20)10-3-4-12(15-8-10)17-5-6-21-9-11(17)7-13(18)19/h3-4,8,11H,5-7,9H2,1-2H3,(H,18,19). The number of aliphatic carboxylic acids is 1. The molecule has 6 nitrogen and oxygen atoms in total. The van der Waals surface area contributed by atoms with Gasteiger partial charge in [-0.05, 0) is 12.1 Å². The molecule has 1 N–H and O–H groups in total. The van der Waals surface area contributed by atoms with Crippen LogP contribution >= 0.6 is 11.8 Å². The zero-order valence-electron chi connectivity index (χ0n) is 12.2. The number of nitrogens with zero attached hydrogens (tertiary/aromatic N) is 3. The van der Waals surface area contributed by atoms with Crippen molar-refractivity contribution in [2.24, 2.45) is 0 Å². The van der Waals surface area contributed by atoms with Crippen LogP contribution in [0.25, 0.3) is 0 Å². The first-order valence-electron chi connectivity index (χ1n) is 6.73. The smallest absolute Gasteiger partial charge is 0.305 e. The van der Waals surface area contributed by atoms with E-state index in [0.717, 1.165) is 23.9 Å². The topological polar surface area (TPSA) is 73.7 Å². The highest BCUT2D eigenvalue weighted by atomic mass is 32.2. The summed E-state index contributed by atoms with van der Waals surface area (Å²) < 4.78 is 0. The second-order valence-electron chi connectivity index (χ2n) is 5.12. The van der Waals surface area contributed by atoms with Crippen molar-refractivity contribution in [2.75, 3.05) is 37.0 Å². The van der Waals surface area contributed by atoms with E-state index in [1.54, 1.807) is 44.2 Å². The van der Waals surface area contributed by atoms with Crippen molar-refractivity contribution in [3.8, 4) is 0 Å². The normalized spacial score (nSPS) is 18.4. The Hall–Kier alpha value is -1.76. The van der Waals surface area contributed by atoms with Crippen LogP contribution in [0.2, 0.25) is 0 Å². The predicted molar refractivity (Wildman–Crippen MR) is 83.0 cm³/mol. The van der Waals surface area contributed by atoms with Crippen molar-refractivity contribution in [2.45, 2.75) is 12.5 Å². The molecule has 1 fully saturated rings. The summed E-state index contributed by atoms with van der Waals surface area (Å²) in [5.74, 6) is 1.58. The Morgan fingerprint density at radius 3 is 2.81 bits per heavy atom. The molecule has 2 rings (SSSR count). The third-order valence-electron chi connectivity index (χ3n) is 3.33. The van der Waals surface area contributed by atoms with Gasteiger partial charge < -0.3 is 14.9 Å². The van der Waals surface area contributed by atoms with E-state index in [1.807, 2.05) is 4.90 Å². The fourth-order valence-corrected chi connectivity index (χ4v) is 3.33. The Morgan fingerprint density at radius 2 is 2.24 bits per heavy atom. The van der Waals surface area contributed by atoms with Crippen LogP contribution in [0.4, 0.5) is 5.82 Å². The van der Waals surface area contributed by atoms with Crippen molar-refractivity contribution >= 4 is 29.5 Å². The molecule has 0 bridgehead atoms. The summed E-state index contributed by atoms with van der Waals surface area (Å²) in [5, 5.41) is 9.00. The maximum absolute atomic E-state index is 11.8. The quantitative estimate of drug-likeness (QED) is 0.900.